The van der Waals surface area contributed by atoms with Crippen molar-refractivity contribution in [3.63, 3.8) is 0 Å². The van der Waals surface area contributed by atoms with Gasteiger partial charge in [0.2, 0.25) is 0 Å². The molecule has 0 radical (unpaired) electrons. The Morgan fingerprint density at radius 2 is 2.21 bits per heavy atom. The van der Waals surface area contributed by atoms with Gasteiger partial charge in [0.15, 0.2) is 15.7 Å². The number of benzene rings is 1. The SMILES string of the molecule is N/C(=N/O)c1cccc(S(=O)(=O)CCNC2CC2)c1. The van der Waals surface area contributed by atoms with E-state index in [0.29, 0.717) is 18.2 Å². The highest BCUT2D eigenvalue weighted by Crippen LogP contribution is 2.18. The minimum Gasteiger partial charge on any atom is -0.409 e. The highest BCUT2D eigenvalue weighted by molar-refractivity contribution is 7.91. The van der Waals surface area contributed by atoms with Gasteiger partial charge in [-0.1, -0.05) is 17.3 Å². The molecule has 7 heteroatoms. The van der Waals surface area contributed by atoms with Crippen molar-refractivity contribution in [3.8, 4) is 0 Å². The molecule has 1 saturated carbocycles. The van der Waals surface area contributed by atoms with E-state index in [-0.39, 0.29) is 16.5 Å². The summed E-state index contributed by atoms with van der Waals surface area (Å²) < 4.78 is 24.2. The third kappa shape index (κ3) is 3.68. The topological polar surface area (TPSA) is 105 Å². The van der Waals surface area contributed by atoms with E-state index >= 15 is 0 Å². The summed E-state index contributed by atoms with van der Waals surface area (Å²) in [6, 6.07) is 6.59. The first-order valence-corrected chi connectivity index (χ1v) is 7.72. The Kier molecular flexibility index (Phi) is 4.06. The van der Waals surface area contributed by atoms with Crippen LogP contribution in [0.4, 0.5) is 0 Å². The van der Waals surface area contributed by atoms with Crippen LogP contribution >= 0.6 is 0 Å². The van der Waals surface area contributed by atoms with Gasteiger partial charge in [-0.25, -0.2) is 8.42 Å². The molecule has 1 aromatic rings. The van der Waals surface area contributed by atoms with Gasteiger partial charge < -0.3 is 16.3 Å². The number of oxime groups is 1. The fraction of sp³-hybridized carbons (Fsp3) is 0.417. The van der Waals surface area contributed by atoms with Gasteiger partial charge in [-0.15, -0.1) is 0 Å². The zero-order valence-electron chi connectivity index (χ0n) is 10.4. The molecule has 0 bridgehead atoms. The predicted octanol–water partition coefficient (Wildman–Crippen LogP) is 0.307. The minimum absolute atomic E-state index is 0.0448. The number of nitrogens with zero attached hydrogens (tertiary/aromatic N) is 1. The number of hydrogen-bond acceptors (Lipinski definition) is 5. The van der Waals surface area contributed by atoms with Crippen molar-refractivity contribution in [3.05, 3.63) is 29.8 Å². The van der Waals surface area contributed by atoms with Gasteiger partial charge in [0, 0.05) is 18.2 Å². The monoisotopic (exact) mass is 283 g/mol. The molecule has 6 nitrogen and oxygen atoms in total. The average Bonchev–Trinajstić information content (AvgIpc) is 3.22. The van der Waals surface area contributed by atoms with Gasteiger partial charge in [0.05, 0.1) is 10.6 Å². The largest absolute Gasteiger partial charge is 0.409 e. The van der Waals surface area contributed by atoms with E-state index in [1.165, 1.54) is 12.1 Å². The van der Waals surface area contributed by atoms with Crippen LogP contribution in [0.25, 0.3) is 0 Å². The smallest absolute Gasteiger partial charge is 0.179 e. The first-order chi connectivity index (χ1) is 9.03. The molecule has 4 N–H and O–H groups in total. The Morgan fingerprint density at radius 1 is 1.47 bits per heavy atom. The van der Waals surface area contributed by atoms with Crippen LogP contribution < -0.4 is 11.1 Å². The molecule has 0 spiro atoms. The molecule has 0 unspecified atom stereocenters. The van der Waals surface area contributed by atoms with E-state index in [1.807, 2.05) is 0 Å². The summed E-state index contributed by atoms with van der Waals surface area (Å²) >= 11 is 0. The summed E-state index contributed by atoms with van der Waals surface area (Å²) in [5.74, 6) is -0.0588. The number of nitrogens with one attached hydrogen (secondary N) is 1. The van der Waals surface area contributed by atoms with Gasteiger partial charge >= 0.3 is 0 Å². The van der Waals surface area contributed by atoms with E-state index in [1.54, 1.807) is 12.1 Å². The van der Waals surface area contributed by atoms with Crippen LogP contribution in [-0.2, 0) is 9.84 Å². The number of nitrogens with two attached hydrogens (primary N) is 1. The molecular formula is C12H17N3O3S. The Bertz CT molecular complexity index is 580. The van der Waals surface area contributed by atoms with Crippen LogP contribution in [0.1, 0.15) is 18.4 Å². The van der Waals surface area contributed by atoms with Crippen LogP contribution in [0, 0.1) is 0 Å². The van der Waals surface area contributed by atoms with E-state index in [2.05, 4.69) is 10.5 Å². The lowest BCUT2D eigenvalue weighted by Gasteiger charge is -2.07. The maximum absolute atomic E-state index is 12.1. The molecule has 19 heavy (non-hydrogen) atoms. The van der Waals surface area contributed by atoms with Crippen LogP contribution in [0.3, 0.4) is 0 Å². The lowest BCUT2D eigenvalue weighted by Crippen LogP contribution is -2.25. The molecule has 104 valence electrons. The quantitative estimate of drug-likeness (QED) is 0.301. The van der Waals surface area contributed by atoms with Crippen molar-refractivity contribution < 1.29 is 13.6 Å². The molecule has 2 rings (SSSR count). The maximum Gasteiger partial charge on any atom is 0.179 e. The molecular weight excluding hydrogens is 266 g/mol. The van der Waals surface area contributed by atoms with Crippen molar-refractivity contribution in [1.29, 1.82) is 0 Å². The van der Waals surface area contributed by atoms with Crippen LogP contribution in [0.15, 0.2) is 34.3 Å². The Balaban J connectivity index is 2.10. The van der Waals surface area contributed by atoms with E-state index in [9.17, 15) is 8.42 Å². The summed E-state index contributed by atoms with van der Waals surface area (Å²) in [4.78, 5) is 0.189. The first kappa shape index (κ1) is 13.8. The van der Waals surface area contributed by atoms with Crippen molar-refractivity contribution in [2.24, 2.45) is 10.9 Å². The Hall–Kier alpha value is -1.60. The lowest BCUT2D eigenvalue weighted by molar-refractivity contribution is 0.318. The molecule has 0 atom stereocenters. The summed E-state index contributed by atoms with van der Waals surface area (Å²) in [6.07, 6.45) is 2.25. The molecule has 0 aliphatic heterocycles. The average molecular weight is 283 g/mol. The molecule has 1 aliphatic rings. The molecule has 0 amide bonds. The molecule has 1 aliphatic carbocycles. The van der Waals surface area contributed by atoms with Gasteiger partial charge in [0.25, 0.3) is 0 Å². The van der Waals surface area contributed by atoms with E-state index in [4.69, 9.17) is 10.9 Å². The van der Waals surface area contributed by atoms with Crippen molar-refractivity contribution >= 4 is 15.7 Å². The summed E-state index contributed by atoms with van der Waals surface area (Å²) in [5.41, 5.74) is 5.84. The summed E-state index contributed by atoms with van der Waals surface area (Å²) in [7, 11) is -3.35. The van der Waals surface area contributed by atoms with Crippen molar-refractivity contribution in [2.75, 3.05) is 12.3 Å². The third-order valence-electron chi connectivity index (χ3n) is 2.98. The standard InChI is InChI=1S/C12H17N3O3S/c13-12(15-16)9-2-1-3-11(8-9)19(17,18)7-6-14-10-4-5-10/h1-3,8,10,14,16H,4-7H2,(H2,13,15). The lowest BCUT2D eigenvalue weighted by atomic mass is 10.2. The zero-order chi connectivity index (χ0) is 13.9. The van der Waals surface area contributed by atoms with Crippen LogP contribution in [0.5, 0.6) is 0 Å². The molecule has 0 aromatic heterocycles. The minimum atomic E-state index is -3.35. The number of amidine groups is 1. The molecule has 1 fully saturated rings. The van der Waals surface area contributed by atoms with Crippen LogP contribution in [0.2, 0.25) is 0 Å². The maximum atomic E-state index is 12.1. The number of hydrogen-bond donors (Lipinski definition) is 3. The van der Waals surface area contributed by atoms with Gasteiger partial charge in [-0.05, 0) is 25.0 Å². The van der Waals surface area contributed by atoms with Crippen molar-refractivity contribution in [1.82, 2.24) is 5.32 Å². The zero-order valence-corrected chi connectivity index (χ0v) is 11.2. The predicted molar refractivity (Wildman–Crippen MR) is 72.0 cm³/mol. The number of rotatable bonds is 6. The fourth-order valence-electron chi connectivity index (χ4n) is 1.71. The second-order valence-electron chi connectivity index (χ2n) is 4.56. The van der Waals surface area contributed by atoms with Crippen LogP contribution in [-0.4, -0.2) is 37.8 Å². The molecule has 0 heterocycles. The first-order valence-electron chi connectivity index (χ1n) is 6.07. The Morgan fingerprint density at radius 3 is 2.84 bits per heavy atom. The highest BCUT2D eigenvalue weighted by Gasteiger charge is 2.22. The van der Waals surface area contributed by atoms with Gasteiger partial charge in [-0.2, -0.15) is 0 Å². The summed E-state index contributed by atoms with van der Waals surface area (Å²) in [6.45, 7) is 0.445. The van der Waals surface area contributed by atoms with E-state index in [0.717, 1.165) is 12.8 Å². The normalized spacial score (nSPS) is 16.5. The second kappa shape index (κ2) is 5.58. The Labute approximate surface area is 112 Å². The second-order valence-corrected chi connectivity index (χ2v) is 6.67. The molecule has 0 saturated heterocycles. The van der Waals surface area contributed by atoms with Gasteiger partial charge in [0.1, 0.15) is 0 Å². The number of sulfone groups is 1. The molecule has 1 aromatic carbocycles. The summed E-state index contributed by atoms with van der Waals surface area (Å²) in [5, 5.41) is 14.6. The van der Waals surface area contributed by atoms with Crippen molar-refractivity contribution in [2.45, 2.75) is 23.8 Å². The fourth-order valence-corrected chi connectivity index (χ4v) is 2.92. The third-order valence-corrected chi connectivity index (χ3v) is 4.69. The highest BCUT2D eigenvalue weighted by atomic mass is 32.2. The van der Waals surface area contributed by atoms with Gasteiger partial charge in [-0.3, -0.25) is 0 Å². The van der Waals surface area contributed by atoms with E-state index < -0.39 is 9.84 Å².